The highest BCUT2D eigenvalue weighted by atomic mass is 16.6. The van der Waals surface area contributed by atoms with Crippen molar-refractivity contribution in [2.24, 2.45) is 0 Å². The average molecular weight is 442 g/mol. The fraction of sp³-hybridized carbons (Fsp3) is 0.148. The van der Waals surface area contributed by atoms with Gasteiger partial charge in [0, 0.05) is 11.1 Å². The Bertz CT molecular complexity index is 1240. The molecule has 4 rings (SSSR count). The molecule has 0 unspecified atom stereocenters. The van der Waals surface area contributed by atoms with E-state index < -0.39 is 5.97 Å². The molecule has 0 N–H and O–H groups in total. The molecule has 3 aromatic carbocycles. The van der Waals surface area contributed by atoms with Gasteiger partial charge in [-0.3, -0.25) is 9.59 Å². The molecular formula is C27H22O6. The minimum atomic E-state index is -0.585. The normalized spacial score (nSPS) is 12.4. The third-order valence-corrected chi connectivity index (χ3v) is 5.37. The van der Waals surface area contributed by atoms with E-state index in [1.165, 1.54) is 13.2 Å². The Kier molecular flexibility index (Phi) is 6.09. The van der Waals surface area contributed by atoms with Gasteiger partial charge in [0.15, 0.2) is 29.7 Å². The van der Waals surface area contributed by atoms with E-state index in [1.807, 2.05) is 32.0 Å². The average Bonchev–Trinajstić information content (AvgIpc) is 3.04. The first-order chi connectivity index (χ1) is 15.9. The third-order valence-electron chi connectivity index (χ3n) is 5.37. The number of esters is 1. The monoisotopic (exact) mass is 442 g/mol. The molecule has 0 saturated carbocycles. The molecule has 3 aromatic rings. The highest BCUT2D eigenvalue weighted by Crippen LogP contribution is 2.32. The molecule has 0 saturated heterocycles. The largest absolute Gasteiger partial charge is 0.493 e. The quantitative estimate of drug-likeness (QED) is 0.237. The van der Waals surface area contributed by atoms with E-state index in [2.05, 4.69) is 0 Å². The SMILES string of the molecule is COc1cc(C=C2C(=O)c3ccccc3C2=O)ccc1OC(=O)COc1c(C)cccc1C. The number of fused-ring (bicyclic) bond motifs is 1. The van der Waals surface area contributed by atoms with Gasteiger partial charge in [-0.05, 0) is 48.7 Å². The predicted octanol–water partition coefficient (Wildman–Crippen LogP) is 4.76. The molecule has 0 atom stereocenters. The first-order valence-corrected chi connectivity index (χ1v) is 10.4. The van der Waals surface area contributed by atoms with Crippen LogP contribution in [0, 0.1) is 13.8 Å². The van der Waals surface area contributed by atoms with Crippen LogP contribution in [0.5, 0.6) is 17.2 Å². The van der Waals surface area contributed by atoms with Crippen LogP contribution in [0.25, 0.3) is 6.08 Å². The first kappa shape index (κ1) is 22.0. The summed E-state index contributed by atoms with van der Waals surface area (Å²) in [6.07, 6.45) is 1.52. The van der Waals surface area contributed by atoms with Gasteiger partial charge in [-0.15, -0.1) is 0 Å². The maximum Gasteiger partial charge on any atom is 0.349 e. The number of aryl methyl sites for hydroxylation is 2. The molecular weight excluding hydrogens is 420 g/mol. The molecule has 33 heavy (non-hydrogen) atoms. The number of methoxy groups -OCH3 is 1. The van der Waals surface area contributed by atoms with Crippen LogP contribution in [0.15, 0.2) is 66.2 Å². The lowest BCUT2D eigenvalue weighted by Gasteiger charge is -2.13. The van der Waals surface area contributed by atoms with E-state index >= 15 is 0 Å². The van der Waals surface area contributed by atoms with E-state index in [0.29, 0.717) is 28.2 Å². The second-order valence-electron chi connectivity index (χ2n) is 7.66. The van der Waals surface area contributed by atoms with Crippen LogP contribution in [-0.2, 0) is 4.79 Å². The van der Waals surface area contributed by atoms with E-state index in [1.54, 1.807) is 42.5 Å². The smallest absolute Gasteiger partial charge is 0.349 e. The number of hydrogen-bond acceptors (Lipinski definition) is 6. The van der Waals surface area contributed by atoms with Gasteiger partial charge in [0.2, 0.25) is 0 Å². The van der Waals surface area contributed by atoms with Crippen molar-refractivity contribution >= 4 is 23.6 Å². The van der Waals surface area contributed by atoms with Crippen molar-refractivity contribution < 1.29 is 28.6 Å². The van der Waals surface area contributed by atoms with Crippen molar-refractivity contribution in [1.29, 1.82) is 0 Å². The van der Waals surface area contributed by atoms with Gasteiger partial charge in [0.1, 0.15) is 5.75 Å². The lowest BCUT2D eigenvalue weighted by Crippen LogP contribution is -2.18. The molecule has 166 valence electrons. The van der Waals surface area contributed by atoms with Gasteiger partial charge in [0.25, 0.3) is 0 Å². The molecule has 0 amide bonds. The van der Waals surface area contributed by atoms with Gasteiger partial charge in [-0.2, -0.15) is 0 Å². The molecule has 0 aromatic heterocycles. The number of ketones is 2. The topological polar surface area (TPSA) is 78.9 Å². The Hall–Kier alpha value is -4.19. The zero-order valence-corrected chi connectivity index (χ0v) is 18.5. The summed E-state index contributed by atoms with van der Waals surface area (Å²) in [5.41, 5.74) is 3.31. The predicted molar refractivity (Wildman–Crippen MR) is 123 cm³/mol. The van der Waals surface area contributed by atoms with Crippen LogP contribution in [0.4, 0.5) is 0 Å². The van der Waals surface area contributed by atoms with Gasteiger partial charge in [0.05, 0.1) is 12.7 Å². The van der Waals surface area contributed by atoms with Crippen molar-refractivity contribution in [3.8, 4) is 17.2 Å². The highest BCUT2D eigenvalue weighted by molar-refractivity contribution is 6.41. The maximum atomic E-state index is 12.6. The van der Waals surface area contributed by atoms with Crippen LogP contribution in [0.1, 0.15) is 37.4 Å². The van der Waals surface area contributed by atoms with Gasteiger partial charge in [-0.1, -0.05) is 48.5 Å². The van der Waals surface area contributed by atoms with E-state index in [4.69, 9.17) is 14.2 Å². The van der Waals surface area contributed by atoms with E-state index in [0.717, 1.165) is 11.1 Å². The number of carbonyl (C=O) groups is 3. The fourth-order valence-electron chi connectivity index (χ4n) is 3.74. The standard InChI is InChI=1S/C27H22O6/c1-16-7-6-8-17(2)27(16)32-15-24(28)33-22-12-11-18(14-23(22)31-3)13-21-25(29)19-9-4-5-10-20(19)26(21)30/h4-14H,15H2,1-3H3. The zero-order chi connectivity index (χ0) is 23.5. The zero-order valence-electron chi connectivity index (χ0n) is 18.5. The summed E-state index contributed by atoms with van der Waals surface area (Å²) in [4.78, 5) is 37.6. The summed E-state index contributed by atoms with van der Waals surface area (Å²) in [5, 5.41) is 0. The fourth-order valence-corrected chi connectivity index (χ4v) is 3.74. The minimum Gasteiger partial charge on any atom is -0.493 e. The summed E-state index contributed by atoms with van der Waals surface area (Å²) in [5.74, 6) is -0.0568. The minimum absolute atomic E-state index is 0.0880. The summed E-state index contributed by atoms with van der Waals surface area (Å²) in [6, 6.07) is 17.3. The second-order valence-corrected chi connectivity index (χ2v) is 7.66. The van der Waals surface area contributed by atoms with Crippen LogP contribution >= 0.6 is 0 Å². The molecule has 6 nitrogen and oxygen atoms in total. The number of para-hydroxylation sites is 1. The summed E-state index contributed by atoms with van der Waals surface area (Å²) >= 11 is 0. The number of Topliss-reactive ketones (excluding diaryl/α,β-unsaturated/α-hetero) is 2. The van der Waals surface area contributed by atoms with Crippen molar-refractivity contribution in [3.05, 3.63) is 94.1 Å². The van der Waals surface area contributed by atoms with E-state index in [-0.39, 0.29) is 29.5 Å². The van der Waals surface area contributed by atoms with Crippen molar-refractivity contribution in [3.63, 3.8) is 0 Å². The number of benzene rings is 3. The molecule has 0 bridgehead atoms. The number of rotatable bonds is 6. The maximum absolute atomic E-state index is 12.6. The summed E-state index contributed by atoms with van der Waals surface area (Å²) < 4.78 is 16.4. The van der Waals surface area contributed by atoms with Crippen LogP contribution in [0.2, 0.25) is 0 Å². The highest BCUT2D eigenvalue weighted by Gasteiger charge is 2.32. The Labute approximate surface area is 191 Å². The summed E-state index contributed by atoms with van der Waals surface area (Å²) in [7, 11) is 1.44. The molecule has 0 heterocycles. The first-order valence-electron chi connectivity index (χ1n) is 10.4. The number of carbonyl (C=O) groups excluding carboxylic acids is 3. The van der Waals surface area contributed by atoms with E-state index in [9.17, 15) is 14.4 Å². The molecule has 0 aliphatic heterocycles. The lowest BCUT2D eigenvalue weighted by atomic mass is 10.1. The van der Waals surface area contributed by atoms with Gasteiger partial charge >= 0.3 is 5.97 Å². The second kappa shape index (κ2) is 9.12. The molecule has 1 aliphatic rings. The number of allylic oxidation sites excluding steroid dienone is 1. The van der Waals surface area contributed by atoms with Crippen molar-refractivity contribution in [2.75, 3.05) is 13.7 Å². The Morgan fingerprint density at radius 1 is 0.848 bits per heavy atom. The molecule has 0 radical (unpaired) electrons. The Morgan fingerprint density at radius 3 is 2.09 bits per heavy atom. The number of hydrogen-bond donors (Lipinski definition) is 0. The van der Waals surface area contributed by atoms with Gasteiger partial charge in [-0.25, -0.2) is 4.79 Å². The van der Waals surface area contributed by atoms with Crippen LogP contribution < -0.4 is 14.2 Å². The van der Waals surface area contributed by atoms with Crippen LogP contribution in [-0.4, -0.2) is 31.3 Å². The molecule has 0 fully saturated rings. The van der Waals surface area contributed by atoms with Crippen molar-refractivity contribution in [2.45, 2.75) is 13.8 Å². The lowest BCUT2D eigenvalue weighted by molar-refractivity contribution is -0.136. The van der Waals surface area contributed by atoms with Crippen LogP contribution in [0.3, 0.4) is 0 Å². The Morgan fingerprint density at radius 2 is 1.48 bits per heavy atom. The van der Waals surface area contributed by atoms with Crippen molar-refractivity contribution in [1.82, 2.24) is 0 Å². The Balaban J connectivity index is 1.50. The molecule has 6 heteroatoms. The third kappa shape index (κ3) is 4.41. The summed E-state index contributed by atoms with van der Waals surface area (Å²) in [6.45, 7) is 3.55. The molecule has 1 aliphatic carbocycles. The number of ether oxygens (including phenoxy) is 3. The molecule has 0 spiro atoms. The van der Waals surface area contributed by atoms with Gasteiger partial charge < -0.3 is 14.2 Å².